The van der Waals surface area contributed by atoms with Crippen molar-refractivity contribution < 1.29 is 29.6 Å². The maximum absolute atomic E-state index is 13.6. The summed E-state index contributed by atoms with van der Waals surface area (Å²) in [4.78, 5) is 15.6. The first kappa shape index (κ1) is 26.9. The first-order valence-corrected chi connectivity index (χ1v) is 14.4. The molecule has 4 aliphatic rings. The largest absolute Gasteiger partial charge is 0.388 e. The van der Waals surface area contributed by atoms with Gasteiger partial charge in [0.15, 0.2) is 0 Å². The third-order valence-electron chi connectivity index (χ3n) is 8.51. The molecule has 11 atom stereocenters. The second kappa shape index (κ2) is 11.5. The molecule has 3 aliphatic heterocycles. The van der Waals surface area contributed by atoms with Crippen molar-refractivity contribution in [2.24, 2.45) is 17.8 Å². The fraction of sp³-hybridized carbons (Fsp3) is 0.958. The van der Waals surface area contributed by atoms with Crippen molar-refractivity contribution in [2.75, 3.05) is 26.5 Å². The third kappa shape index (κ3) is 5.42. The van der Waals surface area contributed by atoms with Gasteiger partial charge in [-0.25, -0.2) is 0 Å². The van der Waals surface area contributed by atoms with Gasteiger partial charge >= 0.3 is 0 Å². The van der Waals surface area contributed by atoms with Crippen LogP contribution in [0.3, 0.4) is 0 Å². The van der Waals surface area contributed by atoms with Crippen molar-refractivity contribution in [3.8, 4) is 0 Å². The molecule has 1 saturated carbocycles. The summed E-state index contributed by atoms with van der Waals surface area (Å²) in [6, 6.07) is -1.19. The molecule has 1 aliphatic carbocycles. The SMILES string of the molecule is CSC1O[C@H]([C@H](NC(=O)[C@@H]2[C@@H]3OCC[C@@H](C4CCCC4)C[C@H]3CN2C)[C@H](C)Cl)C(O)C(O)[C@H]1O. The molecule has 8 nitrogen and oxygen atoms in total. The topological polar surface area (TPSA) is 111 Å². The molecule has 4 rings (SSSR count). The highest BCUT2D eigenvalue weighted by molar-refractivity contribution is 7.99. The quantitative estimate of drug-likeness (QED) is 0.386. The lowest BCUT2D eigenvalue weighted by molar-refractivity contribution is -0.205. The number of aliphatic hydroxyl groups is 3. The molecule has 4 N–H and O–H groups in total. The molecule has 10 heteroatoms. The van der Waals surface area contributed by atoms with Crippen molar-refractivity contribution in [1.29, 1.82) is 0 Å². The number of halogens is 1. The van der Waals surface area contributed by atoms with E-state index >= 15 is 0 Å². The minimum absolute atomic E-state index is 0.175. The van der Waals surface area contributed by atoms with E-state index in [9.17, 15) is 20.1 Å². The Morgan fingerprint density at radius 2 is 1.79 bits per heavy atom. The number of nitrogens with one attached hydrogen (secondary N) is 1. The standard InChI is InChI=1S/C24H41ClN2O6S/c1-12(25)16(22-19(29)18(28)20(30)24(33-22)34-3)26-23(31)17-21-15(11-27(17)2)10-14(8-9-32-21)13-6-4-5-7-13/h12-22,24,28-30H,4-11H2,1-3H3,(H,26,31)/t12-,14+,15-,16+,17-,18?,19?,20+,21+,22+,24?/m0/s1. The highest BCUT2D eigenvalue weighted by Crippen LogP contribution is 2.42. The van der Waals surface area contributed by atoms with Gasteiger partial charge in [-0.3, -0.25) is 9.69 Å². The Labute approximate surface area is 212 Å². The Morgan fingerprint density at radius 3 is 2.44 bits per heavy atom. The molecule has 3 unspecified atom stereocenters. The van der Waals surface area contributed by atoms with Crippen molar-refractivity contribution in [3.05, 3.63) is 0 Å². The van der Waals surface area contributed by atoms with Crippen LogP contribution < -0.4 is 5.32 Å². The second-order valence-electron chi connectivity index (χ2n) is 10.7. The number of fused-ring (bicyclic) bond motifs is 1. The number of aliphatic hydroxyl groups excluding tert-OH is 3. The Bertz CT molecular complexity index is 696. The summed E-state index contributed by atoms with van der Waals surface area (Å²) < 4.78 is 12.2. The number of nitrogens with zero attached hydrogens (tertiary/aromatic N) is 1. The zero-order valence-electron chi connectivity index (χ0n) is 20.4. The number of carbonyl (C=O) groups is 1. The van der Waals surface area contributed by atoms with Crippen molar-refractivity contribution >= 4 is 29.3 Å². The number of hydrogen-bond donors (Lipinski definition) is 4. The first-order valence-electron chi connectivity index (χ1n) is 12.7. The second-order valence-corrected chi connectivity index (χ2v) is 12.3. The van der Waals surface area contributed by atoms with Crippen LogP contribution in [0.25, 0.3) is 0 Å². The number of thioether (sulfide) groups is 1. The molecule has 0 aromatic heterocycles. The number of likely N-dealkylation sites (tertiary alicyclic amines) is 1. The Morgan fingerprint density at radius 1 is 1.09 bits per heavy atom. The summed E-state index contributed by atoms with van der Waals surface area (Å²) in [5.41, 5.74) is -0.727. The number of alkyl halides is 1. The predicted molar refractivity (Wildman–Crippen MR) is 132 cm³/mol. The van der Waals surface area contributed by atoms with Crippen molar-refractivity contribution in [1.82, 2.24) is 10.2 Å². The molecule has 3 heterocycles. The number of carbonyl (C=O) groups excluding carboxylic acids is 1. The maximum atomic E-state index is 13.6. The van der Waals surface area contributed by atoms with Crippen LogP contribution in [0.15, 0.2) is 0 Å². The van der Waals surface area contributed by atoms with Gasteiger partial charge in [0.25, 0.3) is 0 Å². The van der Waals surface area contributed by atoms with E-state index in [4.69, 9.17) is 21.1 Å². The Hall–Kier alpha value is -0.130. The summed E-state index contributed by atoms with van der Waals surface area (Å²) in [6.07, 6.45) is 4.11. The first-order chi connectivity index (χ1) is 16.2. The van der Waals surface area contributed by atoms with Gasteiger partial charge in [-0.2, -0.15) is 0 Å². The van der Waals surface area contributed by atoms with Crippen LogP contribution in [0.4, 0.5) is 0 Å². The molecular formula is C24H41ClN2O6S. The van der Waals surface area contributed by atoms with Crippen LogP contribution in [0, 0.1) is 17.8 Å². The van der Waals surface area contributed by atoms with E-state index in [2.05, 4.69) is 10.2 Å². The Kier molecular flexibility index (Phi) is 9.11. The highest BCUT2D eigenvalue weighted by atomic mass is 35.5. The number of likely N-dealkylation sites (N-methyl/N-ethyl adjacent to an activating group) is 1. The lowest BCUT2D eigenvalue weighted by atomic mass is 9.81. The summed E-state index contributed by atoms with van der Waals surface area (Å²) >= 11 is 7.70. The van der Waals surface area contributed by atoms with E-state index < -0.39 is 47.3 Å². The minimum Gasteiger partial charge on any atom is -0.388 e. The van der Waals surface area contributed by atoms with Crippen LogP contribution in [0.1, 0.15) is 45.4 Å². The van der Waals surface area contributed by atoms with Gasteiger partial charge in [-0.05, 0) is 44.9 Å². The Balaban J connectivity index is 1.45. The molecule has 0 spiro atoms. The molecule has 0 bridgehead atoms. The van der Waals surface area contributed by atoms with Gasteiger partial charge in [-0.1, -0.05) is 25.7 Å². The van der Waals surface area contributed by atoms with E-state index in [1.165, 1.54) is 37.4 Å². The molecule has 196 valence electrons. The lowest BCUT2D eigenvalue weighted by Gasteiger charge is -2.44. The summed E-state index contributed by atoms with van der Waals surface area (Å²) in [6.45, 7) is 3.22. The van der Waals surface area contributed by atoms with Gasteiger partial charge in [0.2, 0.25) is 5.91 Å². The van der Waals surface area contributed by atoms with E-state index in [1.54, 1.807) is 13.2 Å². The average molecular weight is 521 g/mol. The molecule has 4 fully saturated rings. The van der Waals surface area contributed by atoms with E-state index in [-0.39, 0.29) is 12.0 Å². The zero-order valence-corrected chi connectivity index (χ0v) is 22.0. The van der Waals surface area contributed by atoms with Crippen LogP contribution >= 0.6 is 23.4 Å². The van der Waals surface area contributed by atoms with Crippen molar-refractivity contribution in [2.45, 2.75) is 98.9 Å². The normalized spacial score (nSPS) is 43.8. The predicted octanol–water partition coefficient (Wildman–Crippen LogP) is 1.18. The monoisotopic (exact) mass is 520 g/mol. The number of amides is 1. The zero-order chi connectivity index (χ0) is 24.6. The number of hydrogen-bond acceptors (Lipinski definition) is 8. The van der Waals surface area contributed by atoms with E-state index in [0.29, 0.717) is 18.4 Å². The third-order valence-corrected chi connectivity index (χ3v) is 9.64. The fourth-order valence-corrected chi connectivity index (χ4v) is 7.56. The molecule has 34 heavy (non-hydrogen) atoms. The maximum Gasteiger partial charge on any atom is 0.240 e. The van der Waals surface area contributed by atoms with Crippen molar-refractivity contribution in [3.63, 3.8) is 0 Å². The smallest absolute Gasteiger partial charge is 0.240 e. The molecule has 1 amide bonds. The molecule has 0 aromatic carbocycles. The summed E-state index contributed by atoms with van der Waals surface area (Å²) in [7, 11) is 1.96. The van der Waals surface area contributed by atoms with Gasteiger partial charge in [-0.15, -0.1) is 23.4 Å². The van der Waals surface area contributed by atoms with Gasteiger partial charge in [0.05, 0.1) is 17.5 Å². The van der Waals surface area contributed by atoms with E-state index in [0.717, 1.165) is 25.3 Å². The number of ether oxygens (including phenoxy) is 2. The van der Waals surface area contributed by atoms with Gasteiger partial charge in [0, 0.05) is 19.1 Å². The fourth-order valence-electron chi connectivity index (χ4n) is 6.67. The average Bonchev–Trinajstić information content (AvgIpc) is 3.39. The van der Waals surface area contributed by atoms with Gasteiger partial charge in [0.1, 0.15) is 35.9 Å². The highest BCUT2D eigenvalue weighted by Gasteiger charge is 2.51. The van der Waals surface area contributed by atoms with Crippen LogP contribution in [-0.2, 0) is 14.3 Å². The molecule has 0 radical (unpaired) electrons. The van der Waals surface area contributed by atoms with Crippen LogP contribution in [0.2, 0.25) is 0 Å². The number of rotatable bonds is 6. The molecule has 0 aromatic rings. The molecule has 3 saturated heterocycles. The lowest BCUT2D eigenvalue weighted by Crippen LogP contribution is -2.65. The molecular weight excluding hydrogens is 480 g/mol. The van der Waals surface area contributed by atoms with Crippen LogP contribution in [-0.4, -0.2) is 106 Å². The summed E-state index contributed by atoms with van der Waals surface area (Å²) in [5, 5.41) is 33.6. The summed E-state index contributed by atoms with van der Waals surface area (Å²) in [5.74, 6) is 1.57. The minimum atomic E-state index is -1.39. The van der Waals surface area contributed by atoms with E-state index in [1.807, 2.05) is 7.05 Å². The van der Waals surface area contributed by atoms with Gasteiger partial charge < -0.3 is 30.1 Å². The van der Waals surface area contributed by atoms with Crippen LogP contribution in [0.5, 0.6) is 0 Å².